The van der Waals surface area contributed by atoms with Crippen molar-refractivity contribution in [1.29, 1.82) is 0 Å². The minimum atomic E-state index is -0.431. The quantitative estimate of drug-likeness (QED) is 0.534. The van der Waals surface area contributed by atoms with Crippen molar-refractivity contribution in [2.24, 2.45) is 5.10 Å². The van der Waals surface area contributed by atoms with Crippen molar-refractivity contribution in [3.8, 4) is 0 Å². The lowest BCUT2D eigenvalue weighted by molar-refractivity contribution is -0.133. The summed E-state index contributed by atoms with van der Waals surface area (Å²) in [4.78, 5) is 30.3. The van der Waals surface area contributed by atoms with Crippen molar-refractivity contribution in [2.75, 3.05) is 52.5 Å². The smallest absolute Gasteiger partial charge is 0.317 e. The summed E-state index contributed by atoms with van der Waals surface area (Å²) in [6.45, 7) is 6.29. The van der Waals surface area contributed by atoms with Crippen molar-refractivity contribution in [1.82, 2.24) is 20.1 Å². The molecule has 2 aromatic rings. The molecule has 2 heterocycles. The highest BCUT2D eigenvalue weighted by molar-refractivity contribution is 6.30. The summed E-state index contributed by atoms with van der Waals surface area (Å²) in [6.07, 6.45) is 1.14. The molecule has 8 nitrogen and oxygen atoms in total. The molecule has 0 aliphatic carbocycles. The molecule has 198 valence electrons. The zero-order valence-electron chi connectivity index (χ0n) is 21.0. The monoisotopic (exact) mass is 529 g/mol. The van der Waals surface area contributed by atoms with Crippen molar-refractivity contribution in [3.05, 3.63) is 70.5 Å². The van der Waals surface area contributed by atoms with Crippen LogP contribution < -0.4 is 5.32 Å². The van der Waals surface area contributed by atoms with Gasteiger partial charge in [-0.25, -0.2) is 14.2 Å². The predicted octanol–water partition coefficient (Wildman–Crippen LogP) is 3.91. The standard InChI is InChI=1S/C27H33ClFN5O3/c1-2-11-30-27(36)33(13-12-32-14-16-37-17-15-32)19-26(35)34-25(20-7-9-21(28)10-8-20)18-24(31-34)22-5-3-4-6-23(22)29/h3-10,25H,2,11-19H2,1H3,(H,30,36)/t25-/m0/s1. The molecule has 1 fully saturated rings. The number of ether oxygens (including phenoxy) is 1. The van der Waals surface area contributed by atoms with Gasteiger partial charge >= 0.3 is 6.03 Å². The second-order valence-corrected chi connectivity index (χ2v) is 9.58. The fourth-order valence-electron chi connectivity index (χ4n) is 4.46. The van der Waals surface area contributed by atoms with Crippen LogP contribution in [0.15, 0.2) is 53.6 Å². The lowest BCUT2D eigenvalue weighted by Gasteiger charge is -2.31. The highest BCUT2D eigenvalue weighted by Crippen LogP contribution is 2.34. The van der Waals surface area contributed by atoms with E-state index in [-0.39, 0.29) is 18.5 Å². The molecule has 1 saturated heterocycles. The molecule has 1 atom stereocenters. The third-order valence-corrected chi connectivity index (χ3v) is 6.79. The number of benzene rings is 2. The van der Waals surface area contributed by atoms with E-state index in [0.717, 1.165) is 25.1 Å². The molecule has 1 N–H and O–H groups in total. The lowest BCUT2D eigenvalue weighted by Crippen LogP contribution is -2.49. The molecule has 0 spiro atoms. The maximum absolute atomic E-state index is 14.6. The van der Waals surface area contributed by atoms with E-state index in [1.54, 1.807) is 30.3 Å². The molecule has 10 heteroatoms. The first-order valence-electron chi connectivity index (χ1n) is 12.7. The van der Waals surface area contributed by atoms with Crippen LogP contribution in [0.25, 0.3) is 0 Å². The first-order chi connectivity index (χ1) is 18.0. The zero-order chi connectivity index (χ0) is 26.2. The summed E-state index contributed by atoms with van der Waals surface area (Å²) in [5.41, 5.74) is 1.69. The Hall–Kier alpha value is -3.01. The van der Waals surface area contributed by atoms with Gasteiger partial charge in [0.2, 0.25) is 0 Å². The molecule has 3 amide bonds. The van der Waals surface area contributed by atoms with Crippen molar-refractivity contribution < 1.29 is 18.7 Å². The molecule has 37 heavy (non-hydrogen) atoms. The molecule has 0 aromatic heterocycles. The Labute approximate surface area is 222 Å². The van der Waals surface area contributed by atoms with Crippen LogP contribution in [-0.4, -0.2) is 84.9 Å². The summed E-state index contributed by atoms with van der Waals surface area (Å²) < 4.78 is 20.0. The molecule has 2 aliphatic rings. The van der Waals surface area contributed by atoms with Crippen molar-refractivity contribution in [3.63, 3.8) is 0 Å². The largest absolute Gasteiger partial charge is 0.379 e. The number of hydrogen-bond acceptors (Lipinski definition) is 5. The maximum atomic E-state index is 14.6. The molecular formula is C27H33ClFN5O3. The Morgan fingerprint density at radius 1 is 1.16 bits per heavy atom. The second kappa shape index (κ2) is 13.0. The number of halogens is 2. The van der Waals surface area contributed by atoms with Crippen LogP contribution in [0.1, 0.15) is 36.9 Å². The summed E-state index contributed by atoms with van der Waals surface area (Å²) in [7, 11) is 0. The number of carbonyl (C=O) groups is 2. The minimum absolute atomic E-state index is 0.141. The molecular weight excluding hydrogens is 497 g/mol. The van der Waals surface area contributed by atoms with Crippen LogP contribution in [0.5, 0.6) is 0 Å². The topological polar surface area (TPSA) is 77.5 Å². The number of amides is 3. The molecule has 2 aromatic carbocycles. The van der Waals surface area contributed by atoms with Crippen LogP contribution in [0.3, 0.4) is 0 Å². The van der Waals surface area contributed by atoms with Crippen molar-refractivity contribution >= 4 is 29.3 Å². The summed E-state index contributed by atoms with van der Waals surface area (Å²) in [5.74, 6) is -0.726. The summed E-state index contributed by atoms with van der Waals surface area (Å²) >= 11 is 6.09. The van der Waals surface area contributed by atoms with Crippen LogP contribution in [0.4, 0.5) is 9.18 Å². The SMILES string of the molecule is CCCNC(=O)N(CCN1CCOCC1)CC(=O)N1N=C(c2ccccc2F)C[C@H]1c1ccc(Cl)cc1. The fourth-order valence-corrected chi connectivity index (χ4v) is 4.59. The van der Waals surface area contributed by atoms with E-state index in [1.807, 2.05) is 19.1 Å². The van der Waals surface area contributed by atoms with Gasteiger partial charge in [0.15, 0.2) is 0 Å². The Morgan fingerprint density at radius 3 is 2.59 bits per heavy atom. The average molecular weight is 530 g/mol. The van der Waals surface area contributed by atoms with E-state index in [2.05, 4.69) is 15.3 Å². The highest BCUT2D eigenvalue weighted by atomic mass is 35.5. The van der Waals surface area contributed by atoms with Gasteiger partial charge in [-0.15, -0.1) is 0 Å². The van der Waals surface area contributed by atoms with Gasteiger partial charge in [-0.2, -0.15) is 5.10 Å². The van der Waals surface area contributed by atoms with Gasteiger partial charge in [-0.05, 0) is 30.2 Å². The van der Waals surface area contributed by atoms with Gasteiger partial charge in [0.05, 0.1) is 25.0 Å². The Morgan fingerprint density at radius 2 is 1.89 bits per heavy atom. The van der Waals surface area contributed by atoms with E-state index >= 15 is 0 Å². The second-order valence-electron chi connectivity index (χ2n) is 9.14. The minimum Gasteiger partial charge on any atom is -0.379 e. The molecule has 0 bridgehead atoms. The van der Waals surface area contributed by atoms with Gasteiger partial charge in [0.1, 0.15) is 12.4 Å². The van der Waals surface area contributed by atoms with Gasteiger partial charge in [-0.3, -0.25) is 9.69 Å². The van der Waals surface area contributed by atoms with Crippen molar-refractivity contribution in [2.45, 2.75) is 25.8 Å². The first kappa shape index (κ1) is 27.0. The highest BCUT2D eigenvalue weighted by Gasteiger charge is 2.35. The number of nitrogens with zero attached hydrogens (tertiary/aromatic N) is 4. The number of hydrazone groups is 1. The Kier molecular flexibility index (Phi) is 9.49. The van der Waals surface area contributed by atoms with Crippen LogP contribution in [-0.2, 0) is 9.53 Å². The van der Waals surface area contributed by atoms with Gasteiger partial charge in [0, 0.05) is 49.7 Å². The normalized spacial score (nSPS) is 18.0. The van der Waals surface area contributed by atoms with Crippen LogP contribution >= 0.6 is 11.6 Å². The number of rotatable bonds is 9. The zero-order valence-corrected chi connectivity index (χ0v) is 21.8. The van der Waals surface area contributed by atoms with E-state index in [1.165, 1.54) is 16.0 Å². The molecule has 0 saturated carbocycles. The molecule has 0 radical (unpaired) electrons. The first-order valence-corrected chi connectivity index (χ1v) is 13.1. The lowest BCUT2D eigenvalue weighted by atomic mass is 9.98. The fraction of sp³-hybridized carbons (Fsp3) is 0.444. The predicted molar refractivity (Wildman–Crippen MR) is 141 cm³/mol. The number of urea groups is 1. The molecule has 4 rings (SSSR count). The number of carbonyl (C=O) groups excluding carboxylic acids is 2. The number of morpholine rings is 1. The average Bonchev–Trinajstić information content (AvgIpc) is 3.36. The van der Waals surface area contributed by atoms with E-state index in [0.29, 0.717) is 55.6 Å². The molecule has 2 aliphatic heterocycles. The number of nitrogens with one attached hydrogen (secondary N) is 1. The van der Waals surface area contributed by atoms with Gasteiger partial charge in [-0.1, -0.05) is 48.9 Å². The Bertz CT molecular complexity index is 1110. The van der Waals surface area contributed by atoms with E-state index in [4.69, 9.17) is 16.3 Å². The number of hydrogen-bond donors (Lipinski definition) is 1. The van der Waals surface area contributed by atoms with Gasteiger partial charge < -0.3 is 15.0 Å². The summed E-state index contributed by atoms with van der Waals surface area (Å²) in [6, 6.07) is 12.9. The van der Waals surface area contributed by atoms with Crippen LogP contribution in [0, 0.1) is 5.82 Å². The maximum Gasteiger partial charge on any atom is 0.317 e. The summed E-state index contributed by atoms with van der Waals surface area (Å²) in [5, 5.41) is 9.42. The third kappa shape index (κ3) is 7.06. The third-order valence-electron chi connectivity index (χ3n) is 6.53. The van der Waals surface area contributed by atoms with Gasteiger partial charge in [0.25, 0.3) is 5.91 Å². The van der Waals surface area contributed by atoms with E-state index in [9.17, 15) is 14.0 Å². The van der Waals surface area contributed by atoms with Crippen LogP contribution in [0.2, 0.25) is 5.02 Å². The van der Waals surface area contributed by atoms with E-state index < -0.39 is 11.9 Å². The molecule has 0 unspecified atom stereocenters. The Balaban J connectivity index is 1.55.